The number of aliphatic hydroxyl groups excluding tert-OH is 1. The molecule has 0 saturated heterocycles. The molecule has 2 rings (SSSR count). The Morgan fingerprint density at radius 1 is 1.50 bits per heavy atom. The van der Waals surface area contributed by atoms with Crippen LogP contribution < -0.4 is 0 Å². The lowest BCUT2D eigenvalue weighted by molar-refractivity contribution is 0.109. The topological polar surface area (TPSA) is 60.2 Å². The summed E-state index contributed by atoms with van der Waals surface area (Å²) in [6, 6.07) is 6.54. The smallest absolute Gasteiger partial charge is 0.140 e. The fraction of sp³-hybridized carbons (Fsp3) is 0.571. The molecule has 0 radical (unpaired) electrons. The number of rotatable bonds is 6. The molecule has 1 heterocycles. The first-order valence-electron chi connectivity index (χ1n) is 6.53. The highest BCUT2D eigenvalue weighted by atomic mass is 16.3. The van der Waals surface area contributed by atoms with Crippen LogP contribution >= 0.6 is 0 Å². The minimum absolute atomic E-state index is 0.239. The van der Waals surface area contributed by atoms with Crippen molar-refractivity contribution in [3.8, 4) is 6.07 Å². The van der Waals surface area contributed by atoms with Crippen molar-refractivity contribution < 1.29 is 5.11 Å². The molecular formula is C14H19N3O. The lowest BCUT2D eigenvalue weighted by Gasteiger charge is -2.37. The van der Waals surface area contributed by atoms with E-state index >= 15 is 0 Å². The summed E-state index contributed by atoms with van der Waals surface area (Å²) in [5, 5.41) is 17.8. The molecule has 1 aliphatic rings. The molecule has 4 nitrogen and oxygen atoms in total. The Bertz CT molecular complexity index is 423. The van der Waals surface area contributed by atoms with Gasteiger partial charge in [-0.3, -0.25) is 4.90 Å². The first-order valence-corrected chi connectivity index (χ1v) is 6.53. The van der Waals surface area contributed by atoms with Crippen molar-refractivity contribution in [3.05, 3.63) is 29.6 Å². The number of nitriles is 1. The number of nitrogens with zero attached hydrogens (tertiary/aromatic N) is 3. The first-order chi connectivity index (χ1) is 8.83. The maximum Gasteiger partial charge on any atom is 0.140 e. The van der Waals surface area contributed by atoms with E-state index in [4.69, 9.17) is 10.4 Å². The molecule has 1 fully saturated rings. The zero-order chi connectivity index (χ0) is 12.8. The van der Waals surface area contributed by atoms with Crippen molar-refractivity contribution in [3.63, 3.8) is 0 Å². The normalized spacial score (nSPS) is 15.4. The van der Waals surface area contributed by atoms with E-state index in [1.54, 1.807) is 6.20 Å². The Morgan fingerprint density at radius 3 is 2.94 bits per heavy atom. The highest BCUT2D eigenvalue weighted by Crippen LogP contribution is 2.26. The van der Waals surface area contributed by atoms with Crippen molar-refractivity contribution in [1.29, 1.82) is 5.26 Å². The Labute approximate surface area is 108 Å². The Hall–Kier alpha value is -1.44. The molecule has 4 heteroatoms. The highest BCUT2D eigenvalue weighted by molar-refractivity contribution is 5.25. The molecule has 0 amide bonds. The third-order valence-corrected chi connectivity index (χ3v) is 3.52. The van der Waals surface area contributed by atoms with E-state index < -0.39 is 0 Å². The van der Waals surface area contributed by atoms with Crippen LogP contribution in [0.5, 0.6) is 0 Å². The summed E-state index contributed by atoms with van der Waals surface area (Å²) in [4.78, 5) is 6.40. The summed E-state index contributed by atoms with van der Waals surface area (Å²) >= 11 is 0. The van der Waals surface area contributed by atoms with Crippen LogP contribution in [0, 0.1) is 11.3 Å². The minimum Gasteiger partial charge on any atom is -0.396 e. The summed E-state index contributed by atoms with van der Waals surface area (Å²) in [5.74, 6) is 0. The van der Waals surface area contributed by atoms with Crippen LogP contribution in [-0.4, -0.2) is 34.2 Å². The Balaban J connectivity index is 2.00. The maximum absolute atomic E-state index is 8.96. The largest absolute Gasteiger partial charge is 0.396 e. The Kier molecular flexibility index (Phi) is 4.68. The average molecular weight is 245 g/mol. The van der Waals surface area contributed by atoms with Crippen LogP contribution in [0.2, 0.25) is 0 Å². The third kappa shape index (κ3) is 3.28. The summed E-state index contributed by atoms with van der Waals surface area (Å²) in [6.45, 7) is 2.01. The van der Waals surface area contributed by atoms with Crippen molar-refractivity contribution >= 4 is 0 Å². The van der Waals surface area contributed by atoms with Gasteiger partial charge in [0.25, 0.3) is 0 Å². The third-order valence-electron chi connectivity index (χ3n) is 3.52. The lowest BCUT2D eigenvalue weighted by atomic mass is 9.91. The first kappa shape index (κ1) is 13.0. The van der Waals surface area contributed by atoms with Crippen molar-refractivity contribution in [2.75, 3.05) is 13.2 Å². The van der Waals surface area contributed by atoms with Crippen molar-refractivity contribution in [2.45, 2.75) is 38.3 Å². The van der Waals surface area contributed by atoms with E-state index in [-0.39, 0.29) is 6.61 Å². The van der Waals surface area contributed by atoms with E-state index in [1.807, 2.05) is 12.1 Å². The second-order valence-electron chi connectivity index (χ2n) is 4.79. The van der Waals surface area contributed by atoms with Gasteiger partial charge >= 0.3 is 0 Å². The summed E-state index contributed by atoms with van der Waals surface area (Å²) in [6.07, 6.45) is 6.31. The number of pyridine rings is 1. The van der Waals surface area contributed by atoms with E-state index in [0.29, 0.717) is 11.7 Å². The van der Waals surface area contributed by atoms with Crippen molar-refractivity contribution in [2.24, 2.45) is 0 Å². The molecule has 1 aromatic heterocycles. The van der Waals surface area contributed by atoms with Gasteiger partial charge in [-0.15, -0.1) is 0 Å². The average Bonchev–Trinajstić information content (AvgIpc) is 2.34. The molecule has 1 saturated carbocycles. The molecule has 1 aromatic rings. The summed E-state index contributed by atoms with van der Waals surface area (Å²) in [7, 11) is 0. The van der Waals surface area contributed by atoms with Gasteiger partial charge in [0.2, 0.25) is 0 Å². The quantitative estimate of drug-likeness (QED) is 0.828. The van der Waals surface area contributed by atoms with Crippen LogP contribution in [0.3, 0.4) is 0 Å². The van der Waals surface area contributed by atoms with Crippen LogP contribution in [0.4, 0.5) is 0 Å². The van der Waals surface area contributed by atoms with Gasteiger partial charge in [0.1, 0.15) is 11.8 Å². The molecule has 0 unspecified atom stereocenters. The fourth-order valence-electron chi connectivity index (χ4n) is 2.28. The van der Waals surface area contributed by atoms with Crippen LogP contribution in [0.25, 0.3) is 0 Å². The van der Waals surface area contributed by atoms with Crippen LogP contribution in [0.1, 0.15) is 36.9 Å². The predicted molar refractivity (Wildman–Crippen MR) is 68.7 cm³/mol. The number of aromatic nitrogens is 1. The van der Waals surface area contributed by atoms with E-state index in [2.05, 4.69) is 16.0 Å². The standard InChI is InChI=1S/C14H19N3O/c15-10-13-9-12(5-6-16-13)11-17(7-2-8-18)14-3-1-4-14/h5-6,9,14,18H,1-4,7-8,11H2. The summed E-state index contributed by atoms with van der Waals surface area (Å²) < 4.78 is 0. The van der Waals surface area contributed by atoms with Gasteiger partial charge < -0.3 is 5.11 Å². The molecule has 0 spiro atoms. The van der Waals surface area contributed by atoms with E-state index in [0.717, 1.165) is 25.1 Å². The van der Waals surface area contributed by atoms with Gasteiger partial charge in [0, 0.05) is 31.9 Å². The predicted octanol–water partition coefficient (Wildman–Crippen LogP) is 1.69. The fourth-order valence-corrected chi connectivity index (χ4v) is 2.28. The highest BCUT2D eigenvalue weighted by Gasteiger charge is 2.24. The number of hydrogen-bond donors (Lipinski definition) is 1. The zero-order valence-corrected chi connectivity index (χ0v) is 10.5. The SMILES string of the molecule is N#Cc1cc(CN(CCCO)C2CCC2)ccn1. The van der Waals surface area contributed by atoms with E-state index in [9.17, 15) is 0 Å². The summed E-state index contributed by atoms with van der Waals surface area (Å²) in [5.41, 5.74) is 1.61. The van der Waals surface area contributed by atoms with Gasteiger partial charge in [0.15, 0.2) is 0 Å². The maximum atomic E-state index is 8.96. The molecule has 0 bridgehead atoms. The van der Waals surface area contributed by atoms with Crippen LogP contribution in [-0.2, 0) is 6.54 Å². The molecule has 0 atom stereocenters. The van der Waals surface area contributed by atoms with Crippen LogP contribution in [0.15, 0.2) is 18.3 Å². The molecule has 1 N–H and O–H groups in total. The Morgan fingerprint density at radius 2 is 2.33 bits per heavy atom. The van der Waals surface area contributed by atoms with Gasteiger partial charge in [-0.1, -0.05) is 6.42 Å². The van der Waals surface area contributed by atoms with E-state index in [1.165, 1.54) is 19.3 Å². The molecule has 0 aromatic carbocycles. The zero-order valence-electron chi connectivity index (χ0n) is 10.5. The number of hydrogen-bond acceptors (Lipinski definition) is 4. The monoisotopic (exact) mass is 245 g/mol. The number of aliphatic hydroxyl groups is 1. The molecule has 1 aliphatic carbocycles. The lowest BCUT2D eigenvalue weighted by Crippen LogP contribution is -2.40. The van der Waals surface area contributed by atoms with Gasteiger partial charge in [-0.25, -0.2) is 4.98 Å². The van der Waals surface area contributed by atoms with Gasteiger partial charge in [-0.2, -0.15) is 5.26 Å². The van der Waals surface area contributed by atoms with Gasteiger partial charge in [-0.05, 0) is 37.0 Å². The molecule has 0 aliphatic heterocycles. The van der Waals surface area contributed by atoms with Gasteiger partial charge in [0.05, 0.1) is 0 Å². The second-order valence-corrected chi connectivity index (χ2v) is 4.79. The molecule has 18 heavy (non-hydrogen) atoms. The molecule has 96 valence electrons. The van der Waals surface area contributed by atoms with Crippen molar-refractivity contribution in [1.82, 2.24) is 9.88 Å². The second kappa shape index (κ2) is 6.48. The molecular weight excluding hydrogens is 226 g/mol. The minimum atomic E-state index is 0.239.